The normalized spacial score (nSPS) is 9.80. The molecule has 4 nitrogen and oxygen atoms in total. The lowest BCUT2D eigenvalue weighted by atomic mass is 10.5. The van der Waals surface area contributed by atoms with Crippen molar-refractivity contribution >= 4 is 5.91 Å². The highest BCUT2D eigenvalue weighted by atomic mass is 16.2. The second-order valence-electron chi connectivity index (χ2n) is 1.98. The molecule has 0 amide bonds. The van der Waals surface area contributed by atoms with Crippen molar-refractivity contribution < 1.29 is 4.79 Å². The van der Waals surface area contributed by atoms with Crippen LogP contribution in [0.3, 0.4) is 0 Å². The van der Waals surface area contributed by atoms with Gasteiger partial charge in [-0.15, -0.1) is 5.10 Å². The summed E-state index contributed by atoms with van der Waals surface area (Å²) < 4.78 is 1.26. The first-order valence-corrected chi connectivity index (χ1v) is 3.15. The Kier molecular flexibility index (Phi) is 1.80. The second-order valence-corrected chi connectivity index (χ2v) is 1.98. The highest BCUT2D eigenvalue weighted by molar-refractivity contribution is 5.77. The first kappa shape index (κ1) is 6.92. The fourth-order valence-corrected chi connectivity index (χ4v) is 0.628. The summed E-state index contributed by atoms with van der Waals surface area (Å²) >= 11 is 0. The average molecular weight is 139 g/mol. The molecular formula is C6H9N3O. The molecule has 1 aromatic heterocycles. The lowest BCUT2D eigenvalue weighted by Gasteiger charge is -1.91. The van der Waals surface area contributed by atoms with E-state index < -0.39 is 0 Å². The van der Waals surface area contributed by atoms with Gasteiger partial charge in [0.15, 0.2) is 0 Å². The zero-order valence-corrected chi connectivity index (χ0v) is 6.03. The van der Waals surface area contributed by atoms with E-state index in [1.54, 1.807) is 13.8 Å². The van der Waals surface area contributed by atoms with Crippen molar-refractivity contribution in [1.82, 2.24) is 14.8 Å². The predicted octanol–water partition coefficient (Wildman–Crippen LogP) is 0.637. The van der Waals surface area contributed by atoms with Crippen LogP contribution in [-0.2, 0) is 0 Å². The second kappa shape index (κ2) is 2.60. The van der Waals surface area contributed by atoms with Gasteiger partial charge in [-0.3, -0.25) is 4.79 Å². The maximum absolute atomic E-state index is 10.9. The van der Waals surface area contributed by atoms with Crippen LogP contribution >= 0.6 is 0 Å². The van der Waals surface area contributed by atoms with Crippen LogP contribution in [-0.4, -0.2) is 20.7 Å². The van der Waals surface area contributed by atoms with Crippen LogP contribution in [0.5, 0.6) is 0 Å². The summed E-state index contributed by atoms with van der Waals surface area (Å²) in [6.45, 7) is 3.54. The fourth-order valence-electron chi connectivity index (χ4n) is 0.628. The maximum Gasteiger partial charge on any atom is 0.248 e. The molecule has 0 spiro atoms. The Hall–Kier alpha value is -1.19. The highest BCUT2D eigenvalue weighted by Crippen LogP contribution is 1.89. The van der Waals surface area contributed by atoms with Crippen LogP contribution in [0.25, 0.3) is 0 Å². The van der Waals surface area contributed by atoms with Crippen LogP contribution < -0.4 is 0 Å². The summed E-state index contributed by atoms with van der Waals surface area (Å²) in [6.07, 6.45) is 1.89. The number of aryl methyl sites for hydroxylation is 1. The van der Waals surface area contributed by atoms with E-state index in [0.717, 1.165) is 0 Å². The molecule has 0 aliphatic rings. The first-order valence-electron chi connectivity index (χ1n) is 3.15. The Morgan fingerprint density at radius 1 is 1.80 bits per heavy atom. The molecule has 0 unspecified atom stereocenters. The molecule has 4 heteroatoms. The molecule has 0 aliphatic carbocycles. The third-order valence-electron chi connectivity index (χ3n) is 1.16. The number of rotatable bonds is 1. The minimum absolute atomic E-state index is 0.0272. The molecule has 0 atom stereocenters. The van der Waals surface area contributed by atoms with E-state index in [0.29, 0.717) is 12.2 Å². The van der Waals surface area contributed by atoms with Gasteiger partial charge in [-0.25, -0.2) is 4.98 Å². The SMILES string of the molecule is CCC(=O)n1cnc(C)n1. The largest absolute Gasteiger partial charge is 0.273 e. The third kappa shape index (κ3) is 1.21. The molecular weight excluding hydrogens is 130 g/mol. The van der Waals surface area contributed by atoms with E-state index in [-0.39, 0.29) is 5.91 Å². The van der Waals surface area contributed by atoms with Crippen molar-refractivity contribution in [2.24, 2.45) is 0 Å². The molecule has 0 radical (unpaired) electrons. The zero-order valence-electron chi connectivity index (χ0n) is 6.03. The van der Waals surface area contributed by atoms with E-state index in [1.165, 1.54) is 11.0 Å². The molecule has 0 aliphatic heterocycles. The average Bonchev–Trinajstić information content (AvgIpc) is 2.34. The van der Waals surface area contributed by atoms with Gasteiger partial charge in [0.2, 0.25) is 5.91 Å². The van der Waals surface area contributed by atoms with Crippen LogP contribution in [0.15, 0.2) is 6.33 Å². The van der Waals surface area contributed by atoms with Crippen LogP contribution in [0.1, 0.15) is 24.0 Å². The van der Waals surface area contributed by atoms with Crippen LogP contribution in [0.2, 0.25) is 0 Å². The summed E-state index contributed by atoms with van der Waals surface area (Å²) in [6, 6.07) is 0. The number of nitrogens with zero attached hydrogens (tertiary/aromatic N) is 3. The lowest BCUT2D eigenvalue weighted by Crippen LogP contribution is -2.09. The summed E-state index contributed by atoms with van der Waals surface area (Å²) in [5, 5.41) is 3.84. The van der Waals surface area contributed by atoms with Crippen molar-refractivity contribution in [3.05, 3.63) is 12.2 Å². The van der Waals surface area contributed by atoms with E-state index in [2.05, 4.69) is 10.1 Å². The number of carbonyl (C=O) groups excluding carboxylic acids is 1. The van der Waals surface area contributed by atoms with Gasteiger partial charge in [-0.2, -0.15) is 4.68 Å². The lowest BCUT2D eigenvalue weighted by molar-refractivity contribution is 0.0892. The third-order valence-corrected chi connectivity index (χ3v) is 1.16. The molecule has 0 saturated heterocycles. The standard InChI is InChI=1S/C6H9N3O/c1-3-6(10)9-4-7-5(2)8-9/h4H,3H2,1-2H3. The molecule has 0 aromatic carbocycles. The van der Waals surface area contributed by atoms with Crippen LogP contribution in [0.4, 0.5) is 0 Å². The Morgan fingerprint density at radius 2 is 2.50 bits per heavy atom. The minimum Gasteiger partial charge on any atom is -0.273 e. The topological polar surface area (TPSA) is 47.8 Å². The molecule has 0 fully saturated rings. The molecule has 54 valence electrons. The van der Waals surface area contributed by atoms with Gasteiger partial charge in [0.25, 0.3) is 0 Å². The molecule has 1 heterocycles. The van der Waals surface area contributed by atoms with Gasteiger partial charge in [-0.1, -0.05) is 6.92 Å². The smallest absolute Gasteiger partial charge is 0.248 e. The Bertz CT molecular complexity index is 241. The molecule has 0 N–H and O–H groups in total. The quantitative estimate of drug-likeness (QED) is 0.573. The van der Waals surface area contributed by atoms with Gasteiger partial charge >= 0.3 is 0 Å². The van der Waals surface area contributed by atoms with Gasteiger partial charge in [0.1, 0.15) is 12.2 Å². The number of aromatic nitrogens is 3. The molecule has 0 saturated carbocycles. The summed E-state index contributed by atoms with van der Waals surface area (Å²) in [7, 11) is 0. The number of carbonyl (C=O) groups is 1. The summed E-state index contributed by atoms with van der Waals surface area (Å²) in [5.74, 6) is 0.599. The highest BCUT2D eigenvalue weighted by Gasteiger charge is 2.01. The summed E-state index contributed by atoms with van der Waals surface area (Å²) in [4.78, 5) is 14.7. The Balaban J connectivity index is 2.85. The van der Waals surface area contributed by atoms with E-state index >= 15 is 0 Å². The molecule has 1 aromatic rings. The minimum atomic E-state index is -0.0272. The molecule has 10 heavy (non-hydrogen) atoms. The monoisotopic (exact) mass is 139 g/mol. The van der Waals surface area contributed by atoms with Gasteiger partial charge < -0.3 is 0 Å². The molecule has 0 bridgehead atoms. The van der Waals surface area contributed by atoms with E-state index in [1.807, 2.05) is 0 Å². The summed E-state index contributed by atoms with van der Waals surface area (Å²) in [5.41, 5.74) is 0. The maximum atomic E-state index is 10.9. The number of hydrogen-bond acceptors (Lipinski definition) is 3. The van der Waals surface area contributed by atoms with Crippen molar-refractivity contribution in [2.75, 3.05) is 0 Å². The van der Waals surface area contributed by atoms with Crippen molar-refractivity contribution in [3.8, 4) is 0 Å². The Morgan fingerprint density at radius 3 is 2.90 bits per heavy atom. The van der Waals surface area contributed by atoms with Gasteiger partial charge in [0, 0.05) is 6.42 Å². The van der Waals surface area contributed by atoms with Gasteiger partial charge in [0.05, 0.1) is 0 Å². The van der Waals surface area contributed by atoms with Crippen LogP contribution in [0, 0.1) is 6.92 Å². The number of hydrogen-bond donors (Lipinski definition) is 0. The zero-order chi connectivity index (χ0) is 7.56. The fraction of sp³-hybridized carbons (Fsp3) is 0.500. The van der Waals surface area contributed by atoms with Crippen molar-refractivity contribution in [2.45, 2.75) is 20.3 Å². The van der Waals surface area contributed by atoms with Crippen molar-refractivity contribution in [1.29, 1.82) is 0 Å². The predicted molar refractivity (Wildman–Crippen MR) is 35.7 cm³/mol. The molecule has 1 rings (SSSR count). The van der Waals surface area contributed by atoms with E-state index in [9.17, 15) is 4.79 Å². The first-order chi connectivity index (χ1) is 4.74. The Labute approximate surface area is 58.9 Å². The van der Waals surface area contributed by atoms with E-state index in [4.69, 9.17) is 0 Å². The van der Waals surface area contributed by atoms with Gasteiger partial charge in [-0.05, 0) is 6.92 Å². The van der Waals surface area contributed by atoms with Crippen molar-refractivity contribution in [3.63, 3.8) is 0 Å².